The third-order valence-electron chi connectivity index (χ3n) is 8.15. The van der Waals surface area contributed by atoms with Crippen LogP contribution in [0.5, 0.6) is 5.75 Å². The van der Waals surface area contributed by atoms with Crippen molar-refractivity contribution in [1.82, 2.24) is 14.8 Å². The van der Waals surface area contributed by atoms with E-state index in [-0.39, 0.29) is 37.1 Å². The van der Waals surface area contributed by atoms with Crippen LogP contribution in [0, 0.1) is 11.6 Å². The normalized spacial score (nSPS) is 20.1. The first-order valence-electron chi connectivity index (χ1n) is 13.8. The molecule has 0 bridgehead atoms. The van der Waals surface area contributed by atoms with Crippen LogP contribution in [-0.2, 0) is 6.42 Å². The standard InChI is InChI=1S/C32H30F3N3O4/c1-18-13-23-20-7-5-6-10-26(20)36-28(23)29(38(18)16-32(2,35)17-39)27-24(33)14-19(15-25(27)34)42-12-11-37-30(40)21-8-3-4-9-22(21)31(37)41/h3-10,14-15,18,29,36,39H,11-13,16-17H2,1-2H3/t18-,29-,32?/m1/s1. The number of nitrogens with one attached hydrogen (secondary N) is 1. The summed E-state index contributed by atoms with van der Waals surface area (Å²) in [6.45, 7) is 1.88. The number of amides is 2. The van der Waals surface area contributed by atoms with Crippen LogP contribution in [0.3, 0.4) is 0 Å². The summed E-state index contributed by atoms with van der Waals surface area (Å²) in [6.07, 6.45) is 0.527. The van der Waals surface area contributed by atoms with Crippen molar-refractivity contribution in [3.8, 4) is 5.75 Å². The predicted molar refractivity (Wildman–Crippen MR) is 150 cm³/mol. The Morgan fingerprint density at radius 3 is 2.29 bits per heavy atom. The van der Waals surface area contributed by atoms with E-state index in [1.54, 1.807) is 29.2 Å². The molecule has 218 valence electrons. The first-order valence-corrected chi connectivity index (χ1v) is 13.8. The molecular weight excluding hydrogens is 547 g/mol. The van der Waals surface area contributed by atoms with Crippen molar-refractivity contribution in [2.75, 3.05) is 26.3 Å². The van der Waals surface area contributed by atoms with E-state index in [1.807, 2.05) is 31.2 Å². The van der Waals surface area contributed by atoms with Gasteiger partial charge >= 0.3 is 0 Å². The second-order valence-corrected chi connectivity index (χ2v) is 11.2. The molecule has 0 radical (unpaired) electrons. The third-order valence-corrected chi connectivity index (χ3v) is 8.15. The van der Waals surface area contributed by atoms with Gasteiger partial charge in [-0.3, -0.25) is 19.4 Å². The summed E-state index contributed by atoms with van der Waals surface area (Å²) in [4.78, 5) is 31.2. The Hall–Kier alpha value is -4.15. The molecule has 0 aliphatic carbocycles. The van der Waals surface area contributed by atoms with E-state index in [2.05, 4.69) is 4.98 Å². The van der Waals surface area contributed by atoms with Crippen LogP contribution in [0.4, 0.5) is 13.2 Å². The first-order chi connectivity index (χ1) is 20.1. The molecule has 42 heavy (non-hydrogen) atoms. The number of aromatic amines is 1. The number of alkyl halides is 1. The molecule has 0 fully saturated rings. The van der Waals surface area contributed by atoms with Crippen molar-refractivity contribution < 1.29 is 32.6 Å². The molecule has 7 nitrogen and oxygen atoms in total. The Balaban J connectivity index is 1.30. The zero-order chi connectivity index (χ0) is 29.8. The average Bonchev–Trinajstić information content (AvgIpc) is 3.44. The van der Waals surface area contributed by atoms with Crippen molar-refractivity contribution in [2.45, 2.75) is 38.0 Å². The number of H-pyrrole nitrogens is 1. The number of imide groups is 1. The third kappa shape index (κ3) is 4.74. The van der Waals surface area contributed by atoms with Crippen LogP contribution < -0.4 is 4.74 Å². The summed E-state index contributed by atoms with van der Waals surface area (Å²) in [7, 11) is 0. The van der Waals surface area contributed by atoms with Gasteiger partial charge in [-0.2, -0.15) is 0 Å². The molecule has 0 saturated carbocycles. The summed E-state index contributed by atoms with van der Waals surface area (Å²) in [5.74, 6) is -2.78. The van der Waals surface area contributed by atoms with E-state index in [0.717, 1.165) is 33.5 Å². The number of hydrogen-bond acceptors (Lipinski definition) is 5. The van der Waals surface area contributed by atoms with E-state index < -0.39 is 41.8 Å². The maximum absolute atomic E-state index is 15.9. The molecule has 2 aliphatic heterocycles. The van der Waals surface area contributed by atoms with Crippen LogP contribution in [-0.4, -0.2) is 69.7 Å². The van der Waals surface area contributed by atoms with E-state index in [1.165, 1.54) is 6.92 Å². The molecule has 3 atom stereocenters. The zero-order valence-electron chi connectivity index (χ0n) is 23.2. The van der Waals surface area contributed by atoms with Gasteiger partial charge in [-0.15, -0.1) is 0 Å². The van der Waals surface area contributed by atoms with Crippen molar-refractivity contribution in [1.29, 1.82) is 0 Å². The van der Waals surface area contributed by atoms with Gasteiger partial charge in [0, 0.05) is 46.9 Å². The van der Waals surface area contributed by atoms with Gasteiger partial charge in [0.2, 0.25) is 0 Å². The highest BCUT2D eigenvalue weighted by Gasteiger charge is 2.42. The van der Waals surface area contributed by atoms with Crippen LogP contribution in [0.25, 0.3) is 10.9 Å². The van der Waals surface area contributed by atoms with Crippen LogP contribution in [0.2, 0.25) is 0 Å². The Morgan fingerprint density at radius 1 is 1.02 bits per heavy atom. The fourth-order valence-electron chi connectivity index (χ4n) is 6.10. The lowest BCUT2D eigenvalue weighted by molar-refractivity contribution is 0.0162. The molecule has 10 heteroatoms. The summed E-state index contributed by atoms with van der Waals surface area (Å²) in [5, 5.41) is 10.6. The van der Waals surface area contributed by atoms with Crippen molar-refractivity contribution >= 4 is 22.7 Å². The van der Waals surface area contributed by atoms with E-state index >= 15 is 13.2 Å². The second-order valence-electron chi connectivity index (χ2n) is 11.2. The topological polar surface area (TPSA) is 85.9 Å². The van der Waals surface area contributed by atoms with Gasteiger partial charge in [0.05, 0.1) is 30.3 Å². The van der Waals surface area contributed by atoms with Crippen molar-refractivity contribution in [3.63, 3.8) is 0 Å². The number of aliphatic hydroxyl groups excluding tert-OH is 1. The number of carbonyl (C=O) groups is 2. The number of para-hydroxylation sites is 1. The van der Waals surface area contributed by atoms with Gasteiger partial charge < -0.3 is 14.8 Å². The first kappa shape index (κ1) is 28.0. The quantitative estimate of drug-likeness (QED) is 0.282. The van der Waals surface area contributed by atoms with Crippen LogP contribution in [0.1, 0.15) is 57.4 Å². The van der Waals surface area contributed by atoms with Gasteiger partial charge in [-0.25, -0.2) is 13.2 Å². The Kier molecular flexibility index (Phi) is 7.06. The number of ether oxygens (including phenoxy) is 1. The summed E-state index contributed by atoms with van der Waals surface area (Å²) in [6, 6.07) is 14.9. The molecule has 6 rings (SSSR count). The Bertz CT molecular complexity index is 1640. The summed E-state index contributed by atoms with van der Waals surface area (Å²) < 4.78 is 52.5. The molecule has 2 aliphatic rings. The molecule has 3 aromatic carbocycles. The highest BCUT2D eigenvalue weighted by Crippen LogP contribution is 2.43. The Morgan fingerprint density at radius 2 is 1.64 bits per heavy atom. The van der Waals surface area contributed by atoms with Gasteiger partial charge in [0.15, 0.2) is 0 Å². The fourth-order valence-corrected chi connectivity index (χ4v) is 6.10. The van der Waals surface area contributed by atoms with Gasteiger partial charge in [0.25, 0.3) is 11.8 Å². The molecule has 3 heterocycles. The minimum Gasteiger partial charge on any atom is -0.492 e. The molecule has 2 amide bonds. The second kappa shape index (κ2) is 10.6. The molecule has 0 saturated heterocycles. The lowest BCUT2D eigenvalue weighted by Gasteiger charge is -2.43. The number of aromatic nitrogens is 1. The molecule has 4 aromatic rings. The number of rotatable bonds is 8. The summed E-state index contributed by atoms with van der Waals surface area (Å²) in [5.41, 5.74) is 0.616. The molecule has 1 aromatic heterocycles. The SMILES string of the molecule is C[C@@H]1Cc2c([nH]c3ccccc23)[C@@H](c2c(F)cc(OCCN3C(=O)c4ccccc4C3=O)cc2F)N1CC(C)(F)CO. The fraction of sp³-hybridized carbons (Fsp3) is 0.312. The summed E-state index contributed by atoms with van der Waals surface area (Å²) >= 11 is 0. The van der Waals surface area contributed by atoms with Crippen LogP contribution >= 0.6 is 0 Å². The van der Waals surface area contributed by atoms with Gasteiger partial charge in [0.1, 0.15) is 29.7 Å². The molecule has 2 N–H and O–H groups in total. The zero-order valence-corrected chi connectivity index (χ0v) is 23.2. The van der Waals surface area contributed by atoms with Gasteiger partial charge in [-0.05, 0) is 44.0 Å². The number of benzene rings is 3. The lowest BCUT2D eigenvalue weighted by atomic mass is 9.87. The van der Waals surface area contributed by atoms with Crippen LogP contribution in [0.15, 0.2) is 60.7 Å². The molecule has 1 unspecified atom stereocenters. The van der Waals surface area contributed by atoms with E-state index in [4.69, 9.17) is 4.74 Å². The average molecular weight is 578 g/mol. The Labute approximate surface area is 240 Å². The number of halogens is 3. The van der Waals surface area contributed by atoms with Crippen molar-refractivity contribution in [3.05, 3.63) is 100 Å². The lowest BCUT2D eigenvalue weighted by Crippen LogP contribution is -2.50. The number of hydrogen-bond donors (Lipinski definition) is 2. The number of nitrogens with zero attached hydrogens (tertiary/aromatic N) is 2. The van der Waals surface area contributed by atoms with E-state index in [0.29, 0.717) is 23.2 Å². The van der Waals surface area contributed by atoms with Crippen molar-refractivity contribution in [2.24, 2.45) is 0 Å². The molecular formula is C32H30F3N3O4. The number of fused-ring (bicyclic) bond motifs is 4. The highest BCUT2D eigenvalue weighted by molar-refractivity contribution is 6.21. The van der Waals surface area contributed by atoms with Gasteiger partial charge in [-0.1, -0.05) is 30.3 Å². The predicted octanol–water partition coefficient (Wildman–Crippen LogP) is 5.18. The maximum Gasteiger partial charge on any atom is 0.261 e. The minimum absolute atomic E-state index is 0.0973. The minimum atomic E-state index is -2.00. The largest absolute Gasteiger partial charge is 0.492 e. The number of carbonyl (C=O) groups excluding carboxylic acids is 2. The maximum atomic E-state index is 15.9. The smallest absolute Gasteiger partial charge is 0.261 e. The monoisotopic (exact) mass is 577 g/mol. The van der Waals surface area contributed by atoms with E-state index in [9.17, 15) is 14.7 Å². The molecule has 0 spiro atoms. The number of aliphatic hydroxyl groups is 1. The highest BCUT2D eigenvalue weighted by atomic mass is 19.1.